The van der Waals surface area contributed by atoms with Crippen LogP contribution < -0.4 is 5.32 Å². The van der Waals surface area contributed by atoms with E-state index < -0.39 is 21.7 Å². The Kier molecular flexibility index (Phi) is 6.14. The maximum absolute atomic E-state index is 13.7. The first kappa shape index (κ1) is 19.8. The van der Waals surface area contributed by atoms with E-state index in [0.29, 0.717) is 13.1 Å². The number of nitrogens with zero attached hydrogens (tertiary/aromatic N) is 1. The Morgan fingerprint density at radius 3 is 2.37 bits per heavy atom. The van der Waals surface area contributed by atoms with Crippen molar-refractivity contribution in [1.29, 1.82) is 0 Å². The van der Waals surface area contributed by atoms with Gasteiger partial charge in [-0.05, 0) is 43.2 Å². The summed E-state index contributed by atoms with van der Waals surface area (Å²) < 4.78 is 41.2. The topological polar surface area (TPSA) is 66.5 Å². The molecule has 0 radical (unpaired) electrons. The SMILES string of the molecule is O=C(Nc1ccccc1F)c1ccc(Cl)c(S(=O)(=O)N2CCCCCC2)c1. The summed E-state index contributed by atoms with van der Waals surface area (Å²) in [4.78, 5) is 12.4. The highest BCUT2D eigenvalue weighted by Gasteiger charge is 2.28. The predicted octanol–water partition coefficient (Wildman–Crippen LogP) is 4.30. The molecular weight excluding hydrogens is 391 g/mol. The Labute approximate surface area is 163 Å². The zero-order valence-electron chi connectivity index (χ0n) is 14.6. The molecule has 2 aromatic carbocycles. The third-order valence-corrected chi connectivity index (χ3v) is 6.88. The summed E-state index contributed by atoms with van der Waals surface area (Å²) in [5.41, 5.74) is 0.116. The van der Waals surface area contributed by atoms with Crippen molar-refractivity contribution >= 4 is 33.2 Å². The standard InChI is InChI=1S/C19H20ClFN2O3S/c20-15-10-9-14(19(24)22-17-8-4-3-7-16(17)21)13-18(15)27(25,26)23-11-5-1-2-6-12-23/h3-4,7-10,13H,1-2,5-6,11-12H2,(H,22,24). The van der Waals surface area contributed by atoms with Gasteiger partial charge in [0.1, 0.15) is 10.7 Å². The number of sulfonamides is 1. The van der Waals surface area contributed by atoms with E-state index in [4.69, 9.17) is 11.6 Å². The first-order valence-electron chi connectivity index (χ1n) is 8.75. The number of benzene rings is 2. The summed E-state index contributed by atoms with van der Waals surface area (Å²) in [6, 6.07) is 9.81. The summed E-state index contributed by atoms with van der Waals surface area (Å²) in [5.74, 6) is -1.18. The molecule has 8 heteroatoms. The molecule has 1 amide bonds. The highest BCUT2D eigenvalue weighted by Crippen LogP contribution is 2.28. The molecule has 0 saturated carbocycles. The lowest BCUT2D eigenvalue weighted by molar-refractivity contribution is 0.102. The molecule has 1 heterocycles. The molecule has 1 N–H and O–H groups in total. The molecule has 0 atom stereocenters. The number of carbonyl (C=O) groups is 1. The van der Waals surface area contributed by atoms with Gasteiger partial charge >= 0.3 is 0 Å². The van der Waals surface area contributed by atoms with Crippen LogP contribution in [0, 0.1) is 5.82 Å². The molecule has 5 nitrogen and oxygen atoms in total. The van der Waals surface area contributed by atoms with Crippen LogP contribution in [0.25, 0.3) is 0 Å². The van der Waals surface area contributed by atoms with Crippen LogP contribution in [0.15, 0.2) is 47.4 Å². The Balaban J connectivity index is 1.89. The monoisotopic (exact) mass is 410 g/mol. The number of anilines is 1. The average molecular weight is 411 g/mol. The van der Waals surface area contributed by atoms with Gasteiger partial charge in [0.05, 0.1) is 10.7 Å². The lowest BCUT2D eigenvalue weighted by Gasteiger charge is -2.21. The number of carbonyl (C=O) groups excluding carboxylic acids is 1. The molecule has 2 aromatic rings. The van der Waals surface area contributed by atoms with Crippen LogP contribution in [0.5, 0.6) is 0 Å². The molecule has 0 aromatic heterocycles. The van der Waals surface area contributed by atoms with Gasteiger partial charge in [-0.2, -0.15) is 4.31 Å². The van der Waals surface area contributed by atoms with Gasteiger partial charge in [0, 0.05) is 18.7 Å². The number of hydrogen-bond acceptors (Lipinski definition) is 3. The van der Waals surface area contributed by atoms with E-state index in [0.717, 1.165) is 25.7 Å². The fourth-order valence-electron chi connectivity index (χ4n) is 3.02. The smallest absolute Gasteiger partial charge is 0.255 e. The van der Waals surface area contributed by atoms with Gasteiger partial charge in [-0.25, -0.2) is 12.8 Å². The Bertz CT molecular complexity index is 942. The second-order valence-corrected chi connectivity index (χ2v) is 8.71. The maximum atomic E-state index is 13.7. The summed E-state index contributed by atoms with van der Waals surface area (Å²) in [6.45, 7) is 0.870. The van der Waals surface area contributed by atoms with Gasteiger partial charge in [0.25, 0.3) is 5.91 Å². The number of hydrogen-bond donors (Lipinski definition) is 1. The first-order chi connectivity index (χ1) is 12.9. The van der Waals surface area contributed by atoms with E-state index in [9.17, 15) is 17.6 Å². The highest BCUT2D eigenvalue weighted by molar-refractivity contribution is 7.89. The van der Waals surface area contributed by atoms with E-state index >= 15 is 0 Å². The Morgan fingerprint density at radius 2 is 1.70 bits per heavy atom. The van der Waals surface area contributed by atoms with Crippen LogP contribution in [0.4, 0.5) is 10.1 Å². The molecule has 1 aliphatic rings. The minimum atomic E-state index is -3.81. The minimum Gasteiger partial charge on any atom is -0.319 e. The number of nitrogens with one attached hydrogen (secondary N) is 1. The number of para-hydroxylation sites is 1. The number of halogens is 2. The fourth-order valence-corrected chi connectivity index (χ4v) is 5.04. The Morgan fingerprint density at radius 1 is 1.04 bits per heavy atom. The number of rotatable bonds is 4. The van der Waals surface area contributed by atoms with E-state index in [1.54, 1.807) is 6.07 Å². The second kappa shape index (κ2) is 8.37. The lowest BCUT2D eigenvalue weighted by atomic mass is 10.2. The van der Waals surface area contributed by atoms with Crippen LogP contribution in [0.3, 0.4) is 0 Å². The highest BCUT2D eigenvalue weighted by atomic mass is 35.5. The number of amides is 1. The molecule has 1 aliphatic heterocycles. The molecular formula is C19H20ClFN2O3S. The van der Waals surface area contributed by atoms with E-state index in [1.165, 1.54) is 40.7 Å². The Hall–Kier alpha value is -1.96. The van der Waals surface area contributed by atoms with Gasteiger partial charge in [0.15, 0.2) is 0 Å². The molecule has 27 heavy (non-hydrogen) atoms. The average Bonchev–Trinajstić information content (AvgIpc) is 2.94. The van der Waals surface area contributed by atoms with Gasteiger partial charge in [-0.1, -0.05) is 36.6 Å². The van der Waals surface area contributed by atoms with Crippen LogP contribution in [0.2, 0.25) is 5.02 Å². The first-order valence-corrected chi connectivity index (χ1v) is 10.6. The van der Waals surface area contributed by atoms with Crippen molar-refractivity contribution in [3.05, 3.63) is 58.9 Å². The van der Waals surface area contributed by atoms with Crippen LogP contribution in [0.1, 0.15) is 36.0 Å². The van der Waals surface area contributed by atoms with Gasteiger partial charge in [-0.15, -0.1) is 0 Å². The van der Waals surface area contributed by atoms with Crippen LogP contribution in [-0.4, -0.2) is 31.7 Å². The van der Waals surface area contributed by atoms with E-state index in [1.807, 2.05) is 0 Å². The van der Waals surface area contributed by atoms with Crippen molar-refractivity contribution < 1.29 is 17.6 Å². The molecule has 0 aliphatic carbocycles. The molecule has 144 valence electrons. The molecule has 1 fully saturated rings. The minimum absolute atomic E-state index is 0.0226. The third-order valence-electron chi connectivity index (χ3n) is 4.50. The van der Waals surface area contributed by atoms with Crippen LogP contribution in [-0.2, 0) is 10.0 Å². The van der Waals surface area contributed by atoms with Crippen molar-refractivity contribution in [2.24, 2.45) is 0 Å². The van der Waals surface area contributed by atoms with Crippen molar-refractivity contribution in [1.82, 2.24) is 4.31 Å². The zero-order chi connectivity index (χ0) is 19.4. The summed E-state index contributed by atoms with van der Waals surface area (Å²) in [5, 5.41) is 2.51. The molecule has 0 spiro atoms. The lowest BCUT2D eigenvalue weighted by Crippen LogP contribution is -2.32. The normalized spacial score (nSPS) is 15.9. The molecule has 0 unspecified atom stereocenters. The third kappa shape index (κ3) is 4.48. The summed E-state index contributed by atoms with van der Waals surface area (Å²) in [6.07, 6.45) is 3.57. The van der Waals surface area contributed by atoms with Gasteiger partial charge in [0.2, 0.25) is 10.0 Å². The molecule has 1 saturated heterocycles. The summed E-state index contributed by atoms with van der Waals surface area (Å²) >= 11 is 6.13. The van der Waals surface area contributed by atoms with E-state index in [-0.39, 0.29) is 21.2 Å². The van der Waals surface area contributed by atoms with Crippen molar-refractivity contribution in [2.75, 3.05) is 18.4 Å². The van der Waals surface area contributed by atoms with Crippen molar-refractivity contribution in [2.45, 2.75) is 30.6 Å². The fraction of sp³-hybridized carbons (Fsp3) is 0.316. The van der Waals surface area contributed by atoms with E-state index in [2.05, 4.69) is 5.32 Å². The largest absolute Gasteiger partial charge is 0.319 e. The van der Waals surface area contributed by atoms with Gasteiger partial charge in [-0.3, -0.25) is 4.79 Å². The van der Waals surface area contributed by atoms with Crippen LogP contribution >= 0.6 is 11.6 Å². The van der Waals surface area contributed by atoms with Gasteiger partial charge < -0.3 is 5.32 Å². The second-order valence-electron chi connectivity index (χ2n) is 6.40. The summed E-state index contributed by atoms with van der Waals surface area (Å²) in [7, 11) is -3.81. The molecule has 0 bridgehead atoms. The maximum Gasteiger partial charge on any atom is 0.255 e. The quantitative estimate of drug-likeness (QED) is 0.817. The predicted molar refractivity (Wildman–Crippen MR) is 103 cm³/mol. The van der Waals surface area contributed by atoms with Crippen molar-refractivity contribution in [3.8, 4) is 0 Å². The molecule has 3 rings (SSSR count). The zero-order valence-corrected chi connectivity index (χ0v) is 16.2. The van der Waals surface area contributed by atoms with Crippen molar-refractivity contribution in [3.63, 3.8) is 0 Å².